The zero-order chi connectivity index (χ0) is 22.1. The van der Waals surface area contributed by atoms with Gasteiger partial charge in [0, 0.05) is 46.9 Å². The molecule has 1 aliphatic carbocycles. The minimum absolute atomic E-state index is 0.108. The number of anilines is 1. The number of hydrogen-bond acceptors (Lipinski definition) is 4. The molecule has 2 aromatic carbocycles. The van der Waals surface area contributed by atoms with Crippen LogP contribution in [-0.4, -0.2) is 55.0 Å². The van der Waals surface area contributed by atoms with Gasteiger partial charge in [0.15, 0.2) is 0 Å². The van der Waals surface area contributed by atoms with Crippen LogP contribution in [0.15, 0.2) is 36.4 Å². The third-order valence-corrected chi connectivity index (χ3v) is 6.86. The Bertz CT molecular complexity index is 966. The number of halogens is 2. The van der Waals surface area contributed by atoms with Crippen LogP contribution < -0.4 is 10.1 Å². The number of benzene rings is 2. The lowest BCUT2D eigenvalue weighted by molar-refractivity contribution is -0.114. The number of hydrogen-bond donors (Lipinski definition) is 1. The molecular weight excluding hydrogens is 433 g/mol. The van der Waals surface area contributed by atoms with Gasteiger partial charge in [-0.2, -0.15) is 0 Å². The van der Waals surface area contributed by atoms with Crippen LogP contribution in [0.5, 0.6) is 5.75 Å². The van der Waals surface area contributed by atoms with Crippen molar-refractivity contribution in [1.29, 1.82) is 0 Å². The molecule has 7 heteroatoms. The SMILES string of the molecule is CC(=O)Nc1cccc(O[C@H]2c3cc(Cl)cc(Cl)c3C[C@@H]2N2CCC[C@@H](N(C)C)C2)c1. The summed E-state index contributed by atoms with van der Waals surface area (Å²) in [6.45, 7) is 3.54. The van der Waals surface area contributed by atoms with Crippen LogP contribution in [0.1, 0.15) is 37.0 Å². The van der Waals surface area contributed by atoms with Crippen molar-refractivity contribution in [3.63, 3.8) is 0 Å². The van der Waals surface area contributed by atoms with E-state index in [0.29, 0.717) is 21.8 Å². The summed E-state index contributed by atoms with van der Waals surface area (Å²) in [5.74, 6) is 0.606. The standard InChI is InChI=1S/C24H29Cl2N3O2/c1-15(30)27-17-6-4-8-19(12-17)31-24-21-10-16(25)11-22(26)20(21)13-23(24)29-9-5-7-18(14-29)28(2)3/h4,6,8,10-12,18,23-24H,5,7,9,13-14H2,1-3H3,(H,27,30)/t18-,23+,24+/m1/s1. The number of nitrogens with one attached hydrogen (secondary N) is 1. The van der Waals surface area contributed by atoms with E-state index >= 15 is 0 Å². The molecule has 2 aliphatic rings. The normalized spacial score (nSPS) is 23.6. The Morgan fingerprint density at radius 3 is 2.77 bits per heavy atom. The Morgan fingerprint density at radius 1 is 1.23 bits per heavy atom. The Labute approximate surface area is 194 Å². The fraction of sp³-hybridized carbons (Fsp3) is 0.458. The van der Waals surface area contributed by atoms with Crippen molar-refractivity contribution < 1.29 is 9.53 Å². The molecule has 2 aromatic rings. The van der Waals surface area contributed by atoms with Crippen molar-refractivity contribution >= 4 is 34.8 Å². The van der Waals surface area contributed by atoms with Crippen LogP contribution in [0.25, 0.3) is 0 Å². The van der Waals surface area contributed by atoms with Gasteiger partial charge in [0.1, 0.15) is 11.9 Å². The van der Waals surface area contributed by atoms with Crippen molar-refractivity contribution in [3.05, 3.63) is 57.6 Å². The smallest absolute Gasteiger partial charge is 0.221 e. The number of likely N-dealkylation sites (tertiary alicyclic amines) is 1. The largest absolute Gasteiger partial charge is 0.484 e. The van der Waals surface area contributed by atoms with Crippen molar-refractivity contribution in [2.45, 2.75) is 44.4 Å². The highest BCUT2D eigenvalue weighted by Gasteiger charge is 2.41. The van der Waals surface area contributed by atoms with Gasteiger partial charge in [0.25, 0.3) is 0 Å². The number of amides is 1. The Kier molecular flexibility index (Phi) is 6.77. The average Bonchev–Trinajstić information content (AvgIpc) is 3.06. The zero-order valence-corrected chi connectivity index (χ0v) is 19.7. The molecule has 1 heterocycles. The first kappa shape index (κ1) is 22.4. The van der Waals surface area contributed by atoms with E-state index in [0.717, 1.165) is 42.7 Å². The highest BCUT2D eigenvalue weighted by Crippen LogP contribution is 2.43. The third kappa shape index (κ3) is 5.01. The molecule has 4 rings (SSSR count). The van der Waals surface area contributed by atoms with Gasteiger partial charge in [-0.15, -0.1) is 0 Å². The molecule has 0 saturated carbocycles. The Hall–Kier alpha value is -1.79. The fourth-order valence-electron chi connectivity index (χ4n) is 4.78. The van der Waals surface area contributed by atoms with Crippen LogP contribution in [0, 0.1) is 0 Å². The van der Waals surface area contributed by atoms with E-state index in [1.807, 2.05) is 36.4 Å². The summed E-state index contributed by atoms with van der Waals surface area (Å²) in [6.07, 6.45) is 3.02. The van der Waals surface area contributed by atoms with Gasteiger partial charge < -0.3 is 15.0 Å². The second-order valence-corrected chi connectivity index (χ2v) is 9.57. The van der Waals surface area contributed by atoms with Crippen LogP contribution in [0.4, 0.5) is 5.69 Å². The lowest BCUT2D eigenvalue weighted by Gasteiger charge is -2.41. The first-order chi connectivity index (χ1) is 14.8. The van der Waals surface area contributed by atoms with E-state index in [1.165, 1.54) is 13.3 Å². The van der Waals surface area contributed by atoms with E-state index in [4.69, 9.17) is 27.9 Å². The number of nitrogens with zero attached hydrogens (tertiary/aromatic N) is 2. The molecular formula is C24H29Cl2N3O2. The van der Waals surface area contributed by atoms with Gasteiger partial charge in [0.2, 0.25) is 5.91 Å². The number of carbonyl (C=O) groups is 1. The van der Waals surface area contributed by atoms with E-state index in [9.17, 15) is 4.79 Å². The Balaban J connectivity index is 1.65. The first-order valence-corrected chi connectivity index (χ1v) is 11.5. The van der Waals surface area contributed by atoms with Crippen molar-refractivity contribution in [3.8, 4) is 5.75 Å². The molecule has 1 fully saturated rings. The average molecular weight is 462 g/mol. The molecule has 1 amide bonds. The third-order valence-electron chi connectivity index (χ3n) is 6.31. The van der Waals surface area contributed by atoms with Crippen molar-refractivity contribution in [2.75, 3.05) is 32.5 Å². The summed E-state index contributed by atoms with van der Waals surface area (Å²) in [5.41, 5.74) is 2.89. The molecule has 0 bridgehead atoms. The number of fused-ring (bicyclic) bond motifs is 1. The predicted molar refractivity (Wildman–Crippen MR) is 126 cm³/mol. The molecule has 1 aliphatic heterocycles. The summed E-state index contributed by atoms with van der Waals surface area (Å²) >= 11 is 13.0. The molecule has 3 atom stereocenters. The molecule has 1 saturated heterocycles. The number of piperidine rings is 1. The van der Waals surface area contributed by atoms with E-state index in [2.05, 4.69) is 29.2 Å². The predicted octanol–water partition coefficient (Wildman–Crippen LogP) is 5.02. The van der Waals surface area contributed by atoms with Crippen LogP contribution in [0.3, 0.4) is 0 Å². The van der Waals surface area contributed by atoms with Gasteiger partial charge in [-0.3, -0.25) is 9.69 Å². The minimum atomic E-state index is -0.181. The van der Waals surface area contributed by atoms with Crippen LogP contribution in [0.2, 0.25) is 10.0 Å². The van der Waals surface area contributed by atoms with Gasteiger partial charge in [0.05, 0.1) is 6.04 Å². The van der Waals surface area contributed by atoms with Crippen molar-refractivity contribution in [1.82, 2.24) is 9.80 Å². The number of ether oxygens (including phenoxy) is 1. The van der Waals surface area contributed by atoms with Gasteiger partial charge in [-0.05, 0) is 69.7 Å². The summed E-state index contributed by atoms with van der Waals surface area (Å²) < 4.78 is 6.57. The summed E-state index contributed by atoms with van der Waals surface area (Å²) in [4.78, 5) is 16.3. The van der Waals surface area contributed by atoms with E-state index in [-0.39, 0.29) is 18.1 Å². The lowest BCUT2D eigenvalue weighted by atomic mass is 10.0. The van der Waals surface area contributed by atoms with E-state index in [1.54, 1.807) is 0 Å². The van der Waals surface area contributed by atoms with Gasteiger partial charge in [-0.25, -0.2) is 0 Å². The topological polar surface area (TPSA) is 44.8 Å². The van der Waals surface area contributed by atoms with E-state index < -0.39 is 0 Å². The lowest BCUT2D eigenvalue weighted by Crippen LogP contribution is -2.51. The maximum Gasteiger partial charge on any atom is 0.221 e. The molecule has 166 valence electrons. The summed E-state index contributed by atoms with van der Waals surface area (Å²) in [5, 5.41) is 4.14. The highest BCUT2D eigenvalue weighted by molar-refractivity contribution is 6.35. The molecule has 5 nitrogen and oxygen atoms in total. The molecule has 1 N–H and O–H groups in total. The van der Waals surface area contributed by atoms with Crippen molar-refractivity contribution in [2.24, 2.45) is 0 Å². The first-order valence-electron chi connectivity index (χ1n) is 10.7. The Morgan fingerprint density at radius 2 is 2.03 bits per heavy atom. The van der Waals surface area contributed by atoms with Gasteiger partial charge >= 0.3 is 0 Å². The second-order valence-electron chi connectivity index (χ2n) is 8.73. The summed E-state index contributed by atoms with van der Waals surface area (Å²) in [7, 11) is 4.30. The molecule has 0 radical (unpaired) electrons. The quantitative estimate of drug-likeness (QED) is 0.678. The van der Waals surface area contributed by atoms with Crippen LogP contribution >= 0.6 is 23.2 Å². The van der Waals surface area contributed by atoms with Crippen LogP contribution in [-0.2, 0) is 11.2 Å². The number of carbonyl (C=O) groups excluding carboxylic acids is 1. The maximum absolute atomic E-state index is 11.5. The molecule has 0 unspecified atom stereocenters. The maximum atomic E-state index is 11.5. The summed E-state index contributed by atoms with van der Waals surface area (Å²) in [6, 6.07) is 12.0. The fourth-order valence-corrected chi connectivity index (χ4v) is 5.37. The monoisotopic (exact) mass is 461 g/mol. The number of rotatable bonds is 5. The second kappa shape index (κ2) is 9.37. The highest BCUT2D eigenvalue weighted by atomic mass is 35.5. The zero-order valence-electron chi connectivity index (χ0n) is 18.2. The van der Waals surface area contributed by atoms with Gasteiger partial charge in [-0.1, -0.05) is 29.3 Å². The molecule has 0 aromatic heterocycles. The molecule has 31 heavy (non-hydrogen) atoms. The minimum Gasteiger partial charge on any atom is -0.484 e. The molecule has 0 spiro atoms. The number of likely N-dealkylation sites (N-methyl/N-ethyl adjacent to an activating group) is 1.